The second kappa shape index (κ2) is 11.3. The summed E-state index contributed by atoms with van der Waals surface area (Å²) in [6.45, 7) is 10.2. The lowest BCUT2D eigenvalue weighted by Gasteiger charge is -2.41. The lowest BCUT2D eigenvalue weighted by atomic mass is 10.1. The predicted molar refractivity (Wildman–Crippen MR) is 139 cm³/mol. The molecule has 0 aliphatic carbocycles. The van der Waals surface area contributed by atoms with Crippen molar-refractivity contribution in [3.63, 3.8) is 0 Å². The van der Waals surface area contributed by atoms with Crippen LogP contribution in [0, 0.1) is 0 Å². The van der Waals surface area contributed by atoms with Crippen LogP contribution in [-0.2, 0) is 12.6 Å². The van der Waals surface area contributed by atoms with Gasteiger partial charge in [-0.1, -0.05) is 18.7 Å². The third kappa shape index (κ3) is 6.29. The van der Waals surface area contributed by atoms with Gasteiger partial charge in [-0.05, 0) is 50.5 Å². The molecule has 0 aromatic carbocycles. The molecule has 6 nitrogen and oxygen atoms in total. The van der Waals surface area contributed by atoms with Crippen molar-refractivity contribution in [3.05, 3.63) is 71.9 Å². The first kappa shape index (κ1) is 26.6. The zero-order valence-electron chi connectivity index (χ0n) is 21.2. The van der Waals surface area contributed by atoms with Gasteiger partial charge in [0.15, 0.2) is 0 Å². The maximum Gasteiger partial charge on any atom is 0.419 e. The molecule has 0 spiro atoms. The van der Waals surface area contributed by atoms with Crippen molar-refractivity contribution in [2.45, 2.75) is 45.3 Å². The Bertz CT molecular complexity index is 1170. The normalized spacial score (nSPS) is 19.5. The highest BCUT2D eigenvalue weighted by Crippen LogP contribution is 2.36. The van der Waals surface area contributed by atoms with Crippen molar-refractivity contribution in [1.82, 2.24) is 15.0 Å². The van der Waals surface area contributed by atoms with Gasteiger partial charge in [-0.3, -0.25) is 0 Å². The monoisotopic (exact) mass is 516 g/mol. The number of piperazine rings is 1. The third-order valence-corrected chi connectivity index (χ3v) is 6.73. The molecule has 0 N–H and O–H groups in total. The third-order valence-electron chi connectivity index (χ3n) is 6.73. The average molecular weight is 517 g/mol. The maximum atomic E-state index is 14.1. The van der Waals surface area contributed by atoms with Gasteiger partial charge in [0, 0.05) is 57.4 Å². The summed E-state index contributed by atoms with van der Waals surface area (Å²) in [5, 5.41) is 0. The predicted octanol–water partition coefficient (Wildman–Crippen LogP) is 5.73. The Morgan fingerprint density at radius 3 is 2.57 bits per heavy atom. The highest BCUT2D eigenvalue weighted by molar-refractivity contribution is 5.53. The number of anilines is 3. The molecular weight excluding hydrogens is 484 g/mol. The summed E-state index contributed by atoms with van der Waals surface area (Å²) < 4.78 is 54.8. The molecular formula is C27H32F4N6. The molecule has 0 bridgehead atoms. The van der Waals surface area contributed by atoms with Gasteiger partial charge in [-0.15, -0.1) is 0 Å². The molecule has 4 heterocycles. The van der Waals surface area contributed by atoms with Crippen LogP contribution in [0.25, 0.3) is 0 Å². The molecule has 1 unspecified atom stereocenters. The summed E-state index contributed by atoms with van der Waals surface area (Å²) in [6, 6.07) is 4.15. The molecule has 2 aliphatic rings. The lowest BCUT2D eigenvalue weighted by molar-refractivity contribution is -0.137. The van der Waals surface area contributed by atoms with E-state index in [-0.39, 0.29) is 17.7 Å². The number of nitrogens with zero attached hydrogens (tertiary/aromatic N) is 6. The Morgan fingerprint density at radius 1 is 1.14 bits per heavy atom. The summed E-state index contributed by atoms with van der Waals surface area (Å²) in [6.07, 6.45) is 4.10. The van der Waals surface area contributed by atoms with Crippen molar-refractivity contribution in [3.8, 4) is 0 Å². The van der Waals surface area contributed by atoms with Gasteiger partial charge >= 0.3 is 6.18 Å². The Morgan fingerprint density at radius 2 is 1.89 bits per heavy atom. The molecule has 0 saturated carbocycles. The molecule has 4 rings (SSSR count). The van der Waals surface area contributed by atoms with Crippen molar-refractivity contribution in [1.29, 1.82) is 0 Å². The quantitative estimate of drug-likeness (QED) is 0.346. The highest BCUT2D eigenvalue weighted by Gasteiger charge is 2.37. The van der Waals surface area contributed by atoms with Crippen LogP contribution in [-0.4, -0.2) is 53.7 Å². The van der Waals surface area contributed by atoms with E-state index in [1.54, 1.807) is 17.9 Å². The number of rotatable bonds is 7. The van der Waals surface area contributed by atoms with Crippen molar-refractivity contribution in [2.75, 3.05) is 47.4 Å². The van der Waals surface area contributed by atoms with Crippen LogP contribution in [0.5, 0.6) is 0 Å². The molecule has 198 valence electrons. The van der Waals surface area contributed by atoms with Crippen molar-refractivity contribution in [2.24, 2.45) is 0 Å². The summed E-state index contributed by atoms with van der Waals surface area (Å²) in [7, 11) is 0. The van der Waals surface area contributed by atoms with Crippen LogP contribution < -0.4 is 14.7 Å². The number of pyridine rings is 1. The summed E-state index contributed by atoms with van der Waals surface area (Å²) in [4.78, 5) is 19.6. The van der Waals surface area contributed by atoms with Crippen LogP contribution in [0.2, 0.25) is 0 Å². The molecule has 2 saturated heterocycles. The largest absolute Gasteiger partial charge is 0.419 e. The minimum Gasteiger partial charge on any atom is -0.352 e. The smallest absolute Gasteiger partial charge is 0.352 e. The Kier molecular flexibility index (Phi) is 8.14. The van der Waals surface area contributed by atoms with Gasteiger partial charge in [0.2, 0.25) is 5.95 Å². The van der Waals surface area contributed by atoms with E-state index in [4.69, 9.17) is 9.97 Å². The Balaban J connectivity index is 1.57. The molecule has 10 heteroatoms. The second-order valence-corrected chi connectivity index (χ2v) is 9.41. The number of halogens is 4. The van der Waals surface area contributed by atoms with Gasteiger partial charge in [0.05, 0.1) is 11.3 Å². The molecule has 37 heavy (non-hydrogen) atoms. The topological polar surface area (TPSA) is 48.4 Å². The molecule has 0 radical (unpaired) electrons. The summed E-state index contributed by atoms with van der Waals surface area (Å²) in [5.41, 5.74) is 0.493. The fraction of sp³-hybridized carbons (Fsp3) is 0.444. The van der Waals surface area contributed by atoms with E-state index >= 15 is 0 Å². The highest BCUT2D eigenvalue weighted by atomic mass is 19.4. The minimum absolute atomic E-state index is 0.0438. The second-order valence-electron chi connectivity index (χ2n) is 9.41. The first-order valence-electron chi connectivity index (χ1n) is 12.5. The fourth-order valence-corrected chi connectivity index (χ4v) is 4.65. The SMILES string of the molecule is C=C/C(C)=C(F)\C=C/Cc1cc(N2CCN(c3ncccc3C(F)(F)F)CC2C)nc(N2CCCC2)n1. The van der Waals surface area contributed by atoms with E-state index in [2.05, 4.69) is 21.4 Å². The molecule has 2 aromatic heterocycles. The zero-order chi connectivity index (χ0) is 26.6. The van der Waals surface area contributed by atoms with E-state index in [0.717, 1.165) is 43.5 Å². The van der Waals surface area contributed by atoms with Gasteiger partial charge in [0.25, 0.3) is 0 Å². The Hall–Kier alpha value is -3.43. The number of allylic oxidation sites excluding steroid dienone is 5. The van der Waals surface area contributed by atoms with Gasteiger partial charge in [0.1, 0.15) is 17.5 Å². The first-order valence-corrected chi connectivity index (χ1v) is 12.5. The van der Waals surface area contributed by atoms with Crippen LogP contribution in [0.3, 0.4) is 0 Å². The molecule has 2 fully saturated rings. The first-order chi connectivity index (χ1) is 17.7. The van der Waals surface area contributed by atoms with E-state index in [1.165, 1.54) is 24.4 Å². The van der Waals surface area contributed by atoms with E-state index in [9.17, 15) is 17.6 Å². The van der Waals surface area contributed by atoms with Crippen molar-refractivity contribution >= 4 is 17.6 Å². The molecule has 2 aromatic rings. The van der Waals surface area contributed by atoms with Gasteiger partial charge < -0.3 is 14.7 Å². The number of hydrogen-bond donors (Lipinski definition) is 0. The van der Waals surface area contributed by atoms with Crippen LogP contribution >= 0.6 is 0 Å². The maximum absolute atomic E-state index is 14.1. The van der Waals surface area contributed by atoms with E-state index in [0.29, 0.717) is 37.6 Å². The van der Waals surface area contributed by atoms with Gasteiger partial charge in [-0.2, -0.15) is 18.2 Å². The number of alkyl halides is 3. The standard InChI is InChI=1S/C27H32F4N6/c1-4-19(2)23(28)11-7-9-21-17-24(34-26(33-21)35-13-5-6-14-35)37-16-15-36(18-20(37)3)25-22(27(29,30)31)10-8-12-32-25/h4,7-8,10-12,17,20H,1,5-6,9,13-16,18H2,2-3H3/b11-7-,23-19+. The fourth-order valence-electron chi connectivity index (χ4n) is 4.65. The Labute approximate surface area is 215 Å². The summed E-state index contributed by atoms with van der Waals surface area (Å²) in [5.74, 6) is 0.970. The molecule has 1 atom stereocenters. The van der Waals surface area contributed by atoms with Crippen LogP contribution in [0.4, 0.5) is 35.1 Å². The molecule has 0 amide bonds. The summed E-state index contributed by atoms with van der Waals surface area (Å²) >= 11 is 0. The molecule has 2 aliphatic heterocycles. The van der Waals surface area contributed by atoms with E-state index < -0.39 is 11.7 Å². The average Bonchev–Trinajstić information content (AvgIpc) is 3.42. The number of hydrogen-bond acceptors (Lipinski definition) is 6. The minimum atomic E-state index is -4.47. The van der Waals surface area contributed by atoms with E-state index in [1.807, 2.05) is 13.0 Å². The number of aromatic nitrogens is 3. The van der Waals surface area contributed by atoms with Gasteiger partial charge in [-0.25, -0.2) is 14.4 Å². The van der Waals surface area contributed by atoms with Crippen LogP contribution in [0.15, 0.2) is 60.6 Å². The van der Waals surface area contributed by atoms with Crippen LogP contribution in [0.1, 0.15) is 37.9 Å². The van der Waals surface area contributed by atoms with Crippen molar-refractivity contribution < 1.29 is 17.6 Å². The zero-order valence-corrected chi connectivity index (χ0v) is 21.2. The lowest BCUT2D eigenvalue weighted by Crippen LogP contribution is -2.53.